The van der Waals surface area contributed by atoms with Gasteiger partial charge in [-0.25, -0.2) is 0 Å². The molecule has 1 aliphatic rings. The van der Waals surface area contributed by atoms with Gasteiger partial charge in [0.25, 0.3) is 0 Å². The average Bonchev–Trinajstić information content (AvgIpc) is 3.09. The lowest BCUT2D eigenvalue weighted by molar-refractivity contribution is 0.210. The third kappa shape index (κ3) is 2.75. The lowest BCUT2D eigenvalue weighted by atomic mass is 10.1. The number of phenolic OH excluding ortho intramolecular Hbond substituents is 1. The summed E-state index contributed by atoms with van der Waals surface area (Å²) in [6.07, 6.45) is 6.33. The summed E-state index contributed by atoms with van der Waals surface area (Å²) in [7, 11) is 0. The number of ether oxygens (including phenoxy) is 1. The Hall–Kier alpha value is -2.75. The van der Waals surface area contributed by atoms with E-state index in [1.807, 2.05) is 6.07 Å². The molecule has 4 heteroatoms. The second-order valence-corrected chi connectivity index (χ2v) is 6.21. The molecule has 0 bridgehead atoms. The highest BCUT2D eigenvalue weighted by Crippen LogP contribution is 2.27. The molecule has 24 heavy (non-hydrogen) atoms. The highest BCUT2D eigenvalue weighted by Gasteiger charge is 2.17. The zero-order valence-electron chi connectivity index (χ0n) is 13.2. The Bertz CT molecular complexity index is 919. The maximum Gasteiger partial charge on any atom is 0.200 e. The summed E-state index contributed by atoms with van der Waals surface area (Å²) < 4.78 is 11.6. The number of benzene rings is 2. The van der Waals surface area contributed by atoms with Crippen LogP contribution in [-0.2, 0) is 0 Å². The summed E-state index contributed by atoms with van der Waals surface area (Å²) in [6.45, 7) is 0. The standard InChI is InChI=1S/C20H18O4/c21-14-7-5-13(6-8-14)18-12-23-19-11-16(9-10-17(19)20(18)22)24-15-3-1-2-4-15/h5-12,15,21H,1-4H2. The number of hydrogen-bond donors (Lipinski definition) is 1. The van der Waals surface area contributed by atoms with Gasteiger partial charge >= 0.3 is 0 Å². The number of phenols is 1. The smallest absolute Gasteiger partial charge is 0.200 e. The molecule has 1 aliphatic carbocycles. The molecular formula is C20H18O4. The van der Waals surface area contributed by atoms with E-state index in [1.165, 1.54) is 19.1 Å². The van der Waals surface area contributed by atoms with Crippen LogP contribution >= 0.6 is 0 Å². The Kier molecular flexibility index (Phi) is 3.73. The monoisotopic (exact) mass is 322 g/mol. The first kappa shape index (κ1) is 14.8. The highest BCUT2D eigenvalue weighted by molar-refractivity contribution is 5.82. The molecule has 0 radical (unpaired) electrons. The summed E-state index contributed by atoms with van der Waals surface area (Å²) in [5, 5.41) is 9.90. The van der Waals surface area contributed by atoms with Crippen molar-refractivity contribution in [2.24, 2.45) is 0 Å². The van der Waals surface area contributed by atoms with Crippen molar-refractivity contribution >= 4 is 11.0 Å². The molecule has 1 saturated carbocycles. The molecule has 122 valence electrons. The van der Waals surface area contributed by atoms with Crippen LogP contribution < -0.4 is 10.2 Å². The number of aromatic hydroxyl groups is 1. The van der Waals surface area contributed by atoms with Gasteiger partial charge in [0, 0.05) is 6.07 Å². The van der Waals surface area contributed by atoms with E-state index >= 15 is 0 Å². The Labute approximate surface area is 139 Å². The second-order valence-electron chi connectivity index (χ2n) is 6.21. The van der Waals surface area contributed by atoms with E-state index in [0.717, 1.165) is 24.2 Å². The molecule has 4 nitrogen and oxygen atoms in total. The molecule has 1 aromatic heterocycles. The van der Waals surface area contributed by atoms with Gasteiger partial charge in [-0.3, -0.25) is 4.79 Å². The van der Waals surface area contributed by atoms with E-state index in [4.69, 9.17) is 9.15 Å². The fourth-order valence-electron chi connectivity index (χ4n) is 3.22. The fourth-order valence-corrected chi connectivity index (χ4v) is 3.22. The SMILES string of the molecule is O=c1c(-c2ccc(O)cc2)coc2cc(OC3CCCC3)ccc12. The largest absolute Gasteiger partial charge is 0.508 e. The van der Waals surface area contributed by atoms with Gasteiger partial charge in [0.2, 0.25) is 0 Å². The van der Waals surface area contributed by atoms with Crippen LogP contribution in [0.15, 0.2) is 57.9 Å². The van der Waals surface area contributed by atoms with Crippen LogP contribution in [0.3, 0.4) is 0 Å². The molecule has 0 amide bonds. The Morgan fingerprint density at radius 3 is 2.54 bits per heavy atom. The third-order valence-corrected chi connectivity index (χ3v) is 4.53. The lowest BCUT2D eigenvalue weighted by Crippen LogP contribution is -2.11. The van der Waals surface area contributed by atoms with Gasteiger partial charge in [-0.1, -0.05) is 12.1 Å². The minimum absolute atomic E-state index is 0.0886. The van der Waals surface area contributed by atoms with Gasteiger partial charge in [-0.2, -0.15) is 0 Å². The van der Waals surface area contributed by atoms with Gasteiger partial charge < -0.3 is 14.3 Å². The van der Waals surface area contributed by atoms with Gasteiger partial charge in [0.1, 0.15) is 23.3 Å². The normalized spacial score (nSPS) is 15.0. The van der Waals surface area contributed by atoms with Gasteiger partial charge in [-0.05, 0) is 55.5 Å². The first-order valence-corrected chi connectivity index (χ1v) is 8.22. The summed E-state index contributed by atoms with van der Waals surface area (Å²) in [6, 6.07) is 11.9. The molecule has 1 heterocycles. The zero-order chi connectivity index (χ0) is 16.5. The molecule has 4 rings (SSSR count). The van der Waals surface area contributed by atoms with Gasteiger partial charge in [0.05, 0.1) is 17.1 Å². The maximum atomic E-state index is 12.7. The van der Waals surface area contributed by atoms with Crippen LogP contribution in [0, 0.1) is 0 Å². The topological polar surface area (TPSA) is 59.7 Å². The van der Waals surface area contributed by atoms with Crippen LogP contribution in [0.2, 0.25) is 0 Å². The summed E-state index contributed by atoms with van der Waals surface area (Å²) in [4.78, 5) is 12.7. The van der Waals surface area contributed by atoms with Crippen molar-refractivity contribution in [1.82, 2.24) is 0 Å². The van der Waals surface area contributed by atoms with Crippen molar-refractivity contribution in [3.8, 4) is 22.6 Å². The van der Waals surface area contributed by atoms with Crippen LogP contribution in [0.1, 0.15) is 25.7 Å². The molecule has 0 aliphatic heterocycles. The highest BCUT2D eigenvalue weighted by atomic mass is 16.5. The number of hydrogen-bond acceptors (Lipinski definition) is 4. The van der Waals surface area contributed by atoms with Crippen molar-refractivity contribution < 1.29 is 14.3 Å². The van der Waals surface area contributed by atoms with E-state index in [2.05, 4.69) is 0 Å². The summed E-state index contributed by atoms with van der Waals surface area (Å²) in [5.74, 6) is 0.910. The summed E-state index contributed by atoms with van der Waals surface area (Å²) in [5.41, 5.74) is 1.63. The van der Waals surface area contributed by atoms with E-state index in [-0.39, 0.29) is 17.3 Å². The predicted molar refractivity (Wildman–Crippen MR) is 92.5 cm³/mol. The quantitative estimate of drug-likeness (QED) is 0.772. The van der Waals surface area contributed by atoms with Crippen molar-refractivity contribution in [2.75, 3.05) is 0 Å². The molecule has 3 aromatic rings. The van der Waals surface area contributed by atoms with Crippen molar-refractivity contribution in [2.45, 2.75) is 31.8 Å². The summed E-state index contributed by atoms with van der Waals surface area (Å²) >= 11 is 0. The molecule has 1 fully saturated rings. The van der Waals surface area contributed by atoms with Crippen molar-refractivity contribution in [3.05, 3.63) is 59.0 Å². The average molecular weight is 322 g/mol. The molecule has 0 saturated heterocycles. The molecule has 0 atom stereocenters. The van der Waals surface area contributed by atoms with E-state index in [9.17, 15) is 9.90 Å². The molecule has 1 N–H and O–H groups in total. The van der Waals surface area contributed by atoms with Crippen LogP contribution in [0.5, 0.6) is 11.5 Å². The Morgan fingerprint density at radius 2 is 1.79 bits per heavy atom. The first-order chi connectivity index (χ1) is 11.7. The van der Waals surface area contributed by atoms with E-state index in [1.54, 1.807) is 36.4 Å². The second kappa shape index (κ2) is 6.04. The van der Waals surface area contributed by atoms with Crippen LogP contribution in [-0.4, -0.2) is 11.2 Å². The van der Waals surface area contributed by atoms with Crippen LogP contribution in [0.25, 0.3) is 22.1 Å². The number of rotatable bonds is 3. The molecule has 2 aromatic carbocycles. The Morgan fingerprint density at radius 1 is 1.04 bits per heavy atom. The number of fused-ring (bicyclic) bond motifs is 1. The van der Waals surface area contributed by atoms with Gasteiger partial charge in [-0.15, -0.1) is 0 Å². The van der Waals surface area contributed by atoms with E-state index < -0.39 is 0 Å². The minimum Gasteiger partial charge on any atom is -0.508 e. The van der Waals surface area contributed by atoms with Crippen molar-refractivity contribution in [3.63, 3.8) is 0 Å². The Balaban J connectivity index is 1.71. The third-order valence-electron chi connectivity index (χ3n) is 4.53. The molecular weight excluding hydrogens is 304 g/mol. The first-order valence-electron chi connectivity index (χ1n) is 8.22. The zero-order valence-corrected chi connectivity index (χ0v) is 13.2. The van der Waals surface area contributed by atoms with E-state index in [0.29, 0.717) is 16.5 Å². The predicted octanol–water partition coefficient (Wildman–Crippen LogP) is 4.49. The van der Waals surface area contributed by atoms with Crippen LogP contribution in [0.4, 0.5) is 0 Å². The lowest BCUT2D eigenvalue weighted by Gasteiger charge is -2.13. The van der Waals surface area contributed by atoms with Crippen molar-refractivity contribution in [1.29, 1.82) is 0 Å². The fraction of sp³-hybridized carbons (Fsp3) is 0.250. The maximum absolute atomic E-state index is 12.7. The minimum atomic E-state index is -0.0886. The molecule has 0 spiro atoms. The molecule has 0 unspecified atom stereocenters. The van der Waals surface area contributed by atoms with Gasteiger partial charge in [0.15, 0.2) is 5.43 Å².